The summed E-state index contributed by atoms with van der Waals surface area (Å²) in [6, 6.07) is 8.66. The van der Waals surface area contributed by atoms with E-state index in [1.807, 2.05) is 26.0 Å². The van der Waals surface area contributed by atoms with Gasteiger partial charge in [-0.2, -0.15) is 5.26 Å². The van der Waals surface area contributed by atoms with Gasteiger partial charge in [0.25, 0.3) is 5.91 Å². The maximum absolute atomic E-state index is 11.6. The average molecular weight is 214 g/mol. The number of nitrogens with one attached hydrogen (secondary N) is 1. The van der Waals surface area contributed by atoms with Crippen molar-refractivity contribution in [2.75, 3.05) is 6.54 Å². The van der Waals surface area contributed by atoms with E-state index in [1.54, 1.807) is 24.3 Å². The van der Waals surface area contributed by atoms with Crippen LogP contribution in [0.15, 0.2) is 35.9 Å². The molecule has 1 aromatic rings. The molecule has 1 amide bonds. The van der Waals surface area contributed by atoms with Gasteiger partial charge in [0.15, 0.2) is 0 Å². The number of amides is 1. The largest absolute Gasteiger partial charge is 0.349 e. The molecule has 0 unspecified atom stereocenters. The smallest absolute Gasteiger partial charge is 0.251 e. The molecule has 16 heavy (non-hydrogen) atoms. The van der Waals surface area contributed by atoms with Gasteiger partial charge < -0.3 is 5.32 Å². The van der Waals surface area contributed by atoms with Gasteiger partial charge in [-0.3, -0.25) is 4.79 Å². The first-order valence-corrected chi connectivity index (χ1v) is 5.05. The molecule has 0 fully saturated rings. The second kappa shape index (κ2) is 5.72. The van der Waals surface area contributed by atoms with Crippen molar-refractivity contribution in [2.45, 2.75) is 13.8 Å². The van der Waals surface area contributed by atoms with E-state index >= 15 is 0 Å². The van der Waals surface area contributed by atoms with Crippen molar-refractivity contribution >= 4 is 5.91 Å². The van der Waals surface area contributed by atoms with Crippen LogP contribution in [0, 0.1) is 11.3 Å². The van der Waals surface area contributed by atoms with Crippen LogP contribution in [0.25, 0.3) is 0 Å². The molecule has 0 aliphatic carbocycles. The minimum absolute atomic E-state index is 0.158. The molecule has 3 nitrogen and oxygen atoms in total. The molecule has 1 aromatic carbocycles. The van der Waals surface area contributed by atoms with E-state index in [0.29, 0.717) is 17.7 Å². The van der Waals surface area contributed by atoms with Gasteiger partial charge >= 0.3 is 0 Å². The Bertz CT molecular complexity index is 451. The predicted octanol–water partition coefficient (Wildman–Crippen LogP) is 2.25. The van der Waals surface area contributed by atoms with Crippen molar-refractivity contribution in [3.05, 3.63) is 47.0 Å². The minimum Gasteiger partial charge on any atom is -0.349 e. The quantitative estimate of drug-likeness (QED) is 0.784. The molecule has 1 N–H and O–H groups in total. The zero-order chi connectivity index (χ0) is 12.0. The molecular weight excluding hydrogens is 200 g/mol. The summed E-state index contributed by atoms with van der Waals surface area (Å²) in [7, 11) is 0. The Morgan fingerprint density at radius 3 is 2.88 bits per heavy atom. The third-order valence-corrected chi connectivity index (χ3v) is 2.03. The van der Waals surface area contributed by atoms with Crippen molar-refractivity contribution in [2.24, 2.45) is 0 Å². The monoisotopic (exact) mass is 214 g/mol. The summed E-state index contributed by atoms with van der Waals surface area (Å²) in [4.78, 5) is 11.6. The molecule has 0 aromatic heterocycles. The SMILES string of the molecule is CC(C)=CCNC(=O)c1cccc(C#N)c1. The Balaban J connectivity index is 2.67. The zero-order valence-corrected chi connectivity index (χ0v) is 9.45. The highest BCUT2D eigenvalue weighted by Crippen LogP contribution is 2.03. The molecule has 0 saturated carbocycles. The lowest BCUT2D eigenvalue weighted by Gasteiger charge is -2.02. The lowest BCUT2D eigenvalue weighted by Crippen LogP contribution is -2.23. The van der Waals surface area contributed by atoms with Crippen LogP contribution >= 0.6 is 0 Å². The molecule has 0 saturated heterocycles. The fourth-order valence-electron chi connectivity index (χ4n) is 1.18. The molecule has 0 aliphatic rings. The Hall–Kier alpha value is -2.08. The number of rotatable bonds is 3. The van der Waals surface area contributed by atoms with Gasteiger partial charge in [-0.05, 0) is 32.0 Å². The van der Waals surface area contributed by atoms with E-state index in [4.69, 9.17) is 5.26 Å². The number of carbonyl (C=O) groups excluding carboxylic acids is 1. The van der Waals surface area contributed by atoms with Crippen LogP contribution in [-0.4, -0.2) is 12.5 Å². The molecule has 0 aliphatic heterocycles. The van der Waals surface area contributed by atoms with Crippen LogP contribution in [-0.2, 0) is 0 Å². The van der Waals surface area contributed by atoms with Crippen molar-refractivity contribution in [3.8, 4) is 6.07 Å². The van der Waals surface area contributed by atoms with Crippen LogP contribution < -0.4 is 5.32 Å². The highest BCUT2D eigenvalue weighted by Gasteiger charge is 2.04. The summed E-state index contributed by atoms with van der Waals surface area (Å²) >= 11 is 0. The second-order valence-electron chi connectivity index (χ2n) is 3.68. The Kier molecular flexibility index (Phi) is 4.28. The van der Waals surface area contributed by atoms with E-state index in [0.717, 1.165) is 5.57 Å². The molecule has 3 heteroatoms. The van der Waals surface area contributed by atoms with Crippen LogP contribution in [0.5, 0.6) is 0 Å². The van der Waals surface area contributed by atoms with Gasteiger partial charge in [0.1, 0.15) is 0 Å². The maximum atomic E-state index is 11.6. The van der Waals surface area contributed by atoms with Crippen LogP contribution in [0.4, 0.5) is 0 Å². The van der Waals surface area contributed by atoms with Gasteiger partial charge in [-0.15, -0.1) is 0 Å². The Labute approximate surface area is 95.4 Å². The van der Waals surface area contributed by atoms with Gasteiger partial charge in [-0.25, -0.2) is 0 Å². The second-order valence-corrected chi connectivity index (χ2v) is 3.68. The first-order chi connectivity index (χ1) is 7.63. The summed E-state index contributed by atoms with van der Waals surface area (Å²) in [6.07, 6.45) is 1.94. The van der Waals surface area contributed by atoms with Gasteiger partial charge in [0.05, 0.1) is 11.6 Å². The average Bonchev–Trinajstić information content (AvgIpc) is 2.28. The van der Waals surface area contributed by atoms with Crippen molar-refractivity contribution in [1.29, 1.82) is 5.26 Å². The third kappa shape index (κ3) is 3.58. The Morgan fingerprint density at radius 2 is 2.25 bits per heavy atom. The third-order valence-electron chi connectivity index (χ3n) is 2.03. The topological polar surface area (TPSA) is 52.9 Å². The van der Waals surface area contributed by atoms with Gasteiger partial charge in [0.2, 0.25) is 0 Å². The fraction of sp³-hybridized carbons (Fsp3) is 0.231. The van der Waals surface area contributed by atoms with Crippen LogP contribution in [0.1, 0.15) is 29.8 Å². The molecule has 0 spiro atoms. The lowest BCUT2D eigenvalue weighted by molar-refractivity contribution is 0.0958. The Morgan fingerprint density at radius 1 is 1.50 bits per heavy atom. The summed E-state index contributed by atoms with van der Waals surface area (Å²) in [5, 5.41) is 11.5. The zero-order valence-electron chi connectivity index (χ0n) is 9.45. The molecule has 0 radical (unpaired) electrons. The number of benzene rings is 1. The van der Waals surface area contributed by atoms with E-state index < -0.39 is 0 Å². The fourth-order valence-corrected chi connectivity index (χ4v) is 1.18. The summed E-state index contributed by atoms with van der Waals surface area (Å²) < 4.78 is 0. The normalized spacial score (nSPS) is 9.06. The number of nitrogens with zero attached hydrogens (tertiary/aromatic N) is 1. The van der Waals surface area contributed by atoms with Crippen molar-refractivity contribution in [3.63, 3.8) is 0 Å². The molecule has 0 atom stereocenters. The molecule has 0 bridgehead atoms. The standard InChI is InChI=1S/C13H14N2O/c1-10(2)6-7-15-13(16)12-5-3-4-11(8-12)9-14/h3-6,8H,7H2,1-2H3,(H,15,16). The van der Waals surface area contributed by atoms with Gasteiger partial charge in [-0.1, -0.05) is 17.7 Å². The summed E-state index contributed by atoms with van der Waals surface area (Å²) in [6.45, 7) is 4.46. The van der Waals surface area contributed by atoms with E-state index in [9.17, 15) is 4.79 Å². The van der Waals surface area contributed by atoms with Crippen molar-refractivity contribution < 1.29 is 4.79 Å². The van der Waals surface area contributed by atoms with E-state index in [-0.39, 0.29) is 5.91 Å². The highest BCUT2D eigenvalue weighted by molar-refractivity contribution is 5.94. The van der Waals surface area contributed by atoms with Gasteiger partial charge in [0, 0.05) is 12.1 Å². The minimum atomic E-state index is -0.158. The number of nitriles is 1. The number of hydrogen-bond donors (Lipinski definition) is 1. The highest BCUT2D eigenvalue weighted by atomic mass is 16.1. The predicted molar refractivity (Wildman–Crippen MR) is 62.9 cm³/mol. The first kappa shape index (κ1) is 12.0. The maximum Gasteiger partial charge on any atom is 0.251 e. The number of hydrogen-bond acceptors (Lipinski definition) is 2. The number of carbonyl (C=O) groups is 1. The number of allylic oxidation sites excluding steroid dienone is 1. The van der Waals surface area contributed by atoms with Crippen LogP contribution in [0.2, 0.25) is 0 Å². The molecule has 0 heterocycles. The van der Waals surface area contributed by atoms with Crippen LogP contribution in [0.3, 0.4) is 0 Å². The molecular formula is C13H14N2O. The molecule has 82 valence electrons. The van der Waals surface area contributed by atoms with E-state index in [1.165, 1.54) is 0 Å². The summed E-state index contributed by atoms with van der Waals surface area (Å²) in [5.41, 5.74) is 2.17. The summed E-state index contributed by atoms with van der Waals surface area (Å²) in [5.74, 6) is -0.158. The van der Waals surface area contributed by atoms with E-state index in [2.05, 4.69) is 5.32 Å². The molecule has 1 rings (SSSR count). The lowest BCUT2D eigenvalue weighted by atomic mass is 10.1. The first-order valence-electron chi connectivity index (χ1n) is 5.05. The van der Waals surface area contributed by atoms with Crippen molar-refractivity contribution in [1.82, 2.24) is 5.32 Å².